The van der Waals surface area contributed by atoms with E-state index in [4.69, 9.17) is 14.6 Å². The Hall–Kier alpha value is -2.83. The van der Waals surface area contributed by atoms with Crippen LogP contribution in [0.5, 0.6) is 5.75 Å². The number of rotatable bonds is 13. The average Bonchev–Trinajstić information content (AvgIpc) is 3.30. The molecule has 0 spiro atoms. The summed E-state index contributed by atoms with van der Waals surface area (Å²) in [6.07, 6.45) is -0.217. The molecule has 36 heavy (non-hydrogen) atoms. The topological polar surface area (TPSA) is 134 Å². The molecule has 1 heterocycles. The normalized spacial score (nSPS) is 12.7. The van der Waals surface area contributed by atoms with Crippen molar-refractivity contribution in [2.75, 3.05) is 20.2 Å². The highest BCUT2D eigenvalue weighted by molar-refractivity contribution is 7.89. The number of unbranched alkanes of at least 4 members (excludes halogenated alkanes) is 1. The molecule has 1 aromatic carbocycles. The molecule has 0 aliphatic heterocycles. The van der Waals surface area contributed by atoms with Crippen LogP contribution in [0, 0.1) is 0 Å². The Bertz CT molecular complexity index is 1070. The second-order valence-electron chi connectivity index (χ2n) is 9.12. The Morgan fingerprint density at radius 2 is 1.83 bits per heavy atom. The van der Waals surface area contributed by atoms with Gasteiger partial charge in [-0.05, 0) is 75.7 Å². The molecule has 0 aliphatic rings. The molecule has 3 N–H and O–H groups in total. The Kier molecular flexibility index (Phi) is 11.0. The zero-order chi connectivity index (χ0) is 26.8. The summed E-state index contributed by atoms with van der Waals surface area (Å²) in [6.45, 7) is 5.65. The minimum Gasteiger partial charge on any atom is -0.497 e. The Morgan fingerprint density at radius 3 is 2.39 bits per heavy atom. The van der Waals surface area contributed by atoms with Crippen molar-refractivity contribution in [2.24, 2.45) is 0 Å². The highest BCUT2D eigenvalue weighted by Gasteiger charge is 2.29. The molecule has 1 aromatic heterocycles. The van der Waals surface area contributed by atoms with Gasteiger partial charge >= 0.3 is 12.2 Å². The zero-order valence-corrected chi connectivity index (χ0v) is 22.7. The lowest BCUT2D eigenvalue weighted by Gasteiger charge is -2.29. The molecular weight excluding hydrogens is 506 g/mol. The van der Waals surface area contributed by atoms with Gasteiger partial charge in [-0.3, -0.25) is 0 Å². The van der Waals surface area contributed by atoms with Gasteiger partial charge in [0.2, 0.25) is 10.0 Å². The van der Waals surface area contributed by atoms with E-state index in [0.29, 0.717) is 25.0 Å². The largest absolute Gasteiger partial charge is 0.497 e. The molecule has 0 fully saturated rings. The highest BCUT2D eigenvalue weighted by atomic mass is 32.2. The molecule has 1 atom stereocenters. The summed E-state index contributed by atoms with van der Waals surface area (Å²) in [5.41, 5.74) is -0.716. The van der Waals surface area contributed by atoms with Gasteiger partial charge < -0.3 is 25.2 Å². The molecule has 2 aromatic rings. The summed E-state index contributed by atoms with van der Waals surface area (Å²) in [5, 5.41) is 15.7. The van der Waals surface area contributed by atoms with Gasteiger partial charge in [0, 0.05) is 30.6 Å². The minimum absolute atomic E-state index is 0.0118. The molecule has 10 nitrogen and oxygen atoms in total. The van der Waals surface area contributed by atoms with Crippen LogP contribution in [0.25, 0.3) is 0 Å². The van der Waals surface area contributed by atoms with Crippen molar-refractivity contribution in [1.29, 1.82) is 0 Å². The number of nitrogens with one attached hydrogen (secondary N) is 2. The maximum Gasteiger partial charge on any atom is 0.407 e. The number of nitrogens with zero attached hydrogens (tertiary/aromatic N) is 1. The van der Waals surface area contributed by atoms with Gasteiger partial charge in [-0.1, -0.05) is 6.07 Å². The molecule has 0 unspecified atom stereocenters. The molecule has 0 saturated carbocycles. The Balaban J connectivity index is 2.26. The number of carboxylic acid groups (broad SMARTS) is 1. The van der Waals surface area contributed by atoms with Gasteiger partial charge in [0.15, 0.2) is 0 Å². The molecule has 2 amide bonds. The van der Waals surface area contributed by atoms with Crippen LogP contribution >= 0.6 is 11.3 Å². The lowest BCUT2D eigenvalue weighted by molar-refractivity contribution is 0.0494. The SMILES string of the molecule is COc1ccc(S(=O)(=O)N(Cc2cccs2)C[C@H](CCCCNC(=O)O)NC(=O)OC(C)(C)C)cc1. The second-order valence-corrected chi connectivity index (χ2v) is 12.1. The molecule has 200 valence electrons. The fourth-order valence-corrected chi connectivity index (χ4v) is 5.63. The van der Waals surface area contributed by atoms with E-state index in [0.717, 1.165) is 4.88 Å². The van der Waals surface area contributed by atoms with Crippen LogP contribution in [0.1, 0.15) is 44.9 Å². The third-order valence-corrected chi connectivity index (χ3v) is 7.70. The van der Waals surface area contributed by atoms with Crippen molar-refractivity contribution in [1.82, 2.24) is 14.9 Å². The van der Waals surface area contributed by atoms with E-state index in [1.807, 2.05) is 17.5 Å². The summed E-state index contributed by atoms with van der Waals surface area (Å²) in [6, 6.07) is 9.30. The Morgan fingerprint density at radius 1 is 1.14 bits per heavy atom. The van der Waals surface area contributed by atoms with E-state index in [9.17, 15) is 18.0 Å². The molecule has 2 rings (SSSR count). The number of carbonyl (C=O) groups is 2. The van der Waals surface area contributed by atoms with Crippen molar-refractivity contribution in [3.63, 3.8) is 0 Å². The van der Waals surface area contributed by atoms with E-state index in [-0.39, 0.29) is 24.5 Å². The first-order valence-electron chi connectivity index (χ1n) is 11.5. The lowest BCUT2D eigenvalue weighted by Crippen LogP contribution is -2.47. The maximum absolute atomic E-state index is 13.6. The first kappa shape index (κ1) is 29.4. The summed E-state index contributed by atoms with van der Waals surface area (Å²) >= 11 is 1.44. The lowest BCUT2D eigenvalue weighted by atomic mass is 10.1. The number of hydrogen-bond donors (Lipinski definition) is 3. The predicted molar refractivity (Wildman–Crippen MR) is 138 cm³/mol. The van der Waals surface area contributed by atoms with Gasteiger partial charge in [0.25, 0.3) is 0 Å². The van der Waals surface area contributed by atoms with E-state index in [1.54, 1.807) is 32.9 Å². The van der Waals surface area contributed by atoms with Gasteiger partial charge in [-0.2, -0.15) is 4.31 Å². The van der Waals surface area contributed by atoms with E-state index in [2.05, 4.69) is 10.6 Å². The van der Waals surface area contributed by atoms with Crippen molar-refractivity contribution in [3.8, 4) is 5.75 Å². The summed E-state index contributed by atoms with van der Waals surface area (Å²) in [5.74, 6) is 0.540. The van der Waals surface area contributed by atoms with Crippen LogP contribution < -0.4 is 15.4 Å². The van der Waals surface area contributed by atoms with Crippen LogP contribution in [-0.4, -0.2) is 61.9 Å². The summed E-state index contributed by atoms with van der Waals surface area (Å²) < 4.78 is 39.1. The monoisotopic (exact) mass is 541 g/mol. The first-order chi connectivity index (χ1) is 16.9. The smallest absolute Gasteiger partial charge is 0.407 e. The fraction of sp³-hybridized carbons (Fsp3) is 0.500. The minimum atomic E-state index is -3.91. The number of ether oxygens (including phenoxy) is 2. The maximum atomic E-state index is 13.6. The average molecular weight is 542 g/mol. The molecule has 0 bridgehead atoms. The standard InChI is InChI=1S/C24H35N3O7S2/c1-24(2,3)34-23(30)26-18(8-5-6-14-25-22(28)29)16-27(17-20-9-7-15-35-20)36(31,32)21-12-10-19(33-4)11-13-21/h7,9-13,15,18,25H,5-6,8,14,16-17H2,1-4H3,(H,26,30)(H,28,29)/t18-/m0/s1. The van der Waals surface area contributed by atoms with Crippen molar-refractivity contribution in [3.05, 3.63) is 46.7 Å². The number of carbonyl (C=O) groups excluding carboxylic acids is 1. The Labute approximate surface area is 216 Å². The number of thiophene rings is 1. The van der Waals surface area contributed by atoms with E-state index in [1.165, 1.54) is 34.9 Å². The summed E-state index contributed by atoms with van der Waals surface area (Å²) in [4.78, 5) is 24.2. The zero-order valence-electron chi connectivity index (χ0n) is 21.0. The number of methoxy groups -OCH3 is 1. The van der Waals surface area contributed by atoms with Crippen molar-refractivity contribution in [2.45, 2.75) is 63.1 Å². The predicted octanol–water partition coefficient (Wildman–Crippen LogP) is 4.28. The van der Waals surface area contributed by atoms with Crippen LogP contribution in [0.3, 0.4) is 0 Å². The van der Waals surface area contributed by atoms with Gasteiger partial charge in [-0.25, -0.2) is 18.0 Å². The number of benzene rings is 1. The van der Waals surface area contributed by atoms with Gasteiger partial charge in [0.05, 0.1) is 12.0 Å². The molecule has 0 aliphatic carbocycles. The van der Waals surface area contributed by atoms with Crippen LogP contribution in [-0.2, 0) is 21.3 Å². The van der Waals surface area contributed by atoms with Crippen molar-refractivity contribution >= 4 is 33.5 Å². The summed E-state index contributed by atoms with van der Waals surface area (Å²) in [7, 11) is -2.41. The molecular formula is C24H35N3O7S2. The molecule has 12 heteroatoms. The van der Waals surface area contributed by atoms with Crippen LogP contribution in [0.2, 0.25) is 0 Å². The van der Waals surface area contributed by atoms with Gasteiger partial charge in [-0.15, -0.1) is 11.3 Å². The number of sulfonamides is 1. The highest BCUT2D eigenvalue weighted by Crippen LogP contribution is 2.24. The van der Waals surface area contributed by atoms with E-state index < -0.39 is 33.9 Å². The molecule has 0 saturated heterocycles. The second kappa shape index (κ2) is 13.5. The van der Waals surface area contributed by atoms with E-state index >= 15 is 0 Å². The van der Waals surface area contributed by atoms with Crippen LogP contribution in [0.4, 0.5) is 9.59 Å². The number of hydrogen-bond acceptors (Lipinski definition) is 7. The third-order valence-electron chi connectivity index (χ3n) is 5.01. The van der Waals surface area contributed by atoms with Gasteiger partial charge in [0.1, 0.15) is 11.4 Å². The first-order valence-corrected chi connectivity index (χ1v) is 13.9. The number of amides is 2. The van der Waals surface area contributed by atoms with Crippen molar-refractivity contribution < 1.29 is 32.6 Å². The third kappa shape index (κ3) is 10.0. The number of alkyl carbamates (subject to hydrolysis) is 1. The molecule has 0 radical (unpaired) electrons. The van der Waals surface area contributed by atoms with Crippen LogP contribution in [0.15, 0.2) is 46.7 Å². The fourth-order valence-electron chi connectivity index (χ4n) is 3.36. The quantitative estimate of drug-likeness (QED) is 0.322.